The van der Waals surface area contributed by atoms with E-state index in [2.05, 4.69) is 22.1 Å². The maximum Gasteiger partial charge on any atom is 0.248 e. The monoisotopic (exact) mass is 410 g/mol. The first-order valence-electron chi connectivity index (χ1n) is 10.8. The topological polar surface area (TPSA) is 90.6 Å². The van der Waals surface area contributed by atoms with Crippen molar-refractivity contribution in [1.29, 1.82) is 0 Å². The molecule has 2 aromatic heterocycles. The van der Waals surface area contributed by atoms with E-state index in [4.69, 9.17) is 15.2 Å². The van der Waals surface area contributed by atoms with Crippen LogP contribution in [-0.4, -0.2) is 59.8 Å². The number of nitrogen functional groups attached to an aromatic ring is 1. The first-order valence-corrected chi connectivity index (χ1v) is 10.8. The Kier molecular flexibility index (Phi) is 6.92. The van der Waals surface area contributed by atoms with Crippen LogP contribution in [0.1, 0.15) is 43.7 Å². The van der Waals surface area contributed by atoms with Gasteiger partial charge in [0.2, 0.25) is 5.91 Å². The van der Waals surface area contributed by atoms with Crippen LogP contribution in [0.3, 0.4) is 0 Å². The molecule has 0 spiro atoms. The molecule has 2 aliphatic heterocycles. The van der Waals surface area contributed by atoms with Crippen LogP contribution in [0.4, 0.5) is 5.82 Å². The van der Waals surface area contributed by atoms with Crippen molar-refractivity contribution in [2.45, 2.75) is 44.1 Å². The number of nitrogens with two attached hydrogens (primary N) is 1. The number of hydrogen-bond donors (Lipinski definition) is 1. The zero-order chi connectivity index (χ0) is 20.8. The summed E-state index contributed by atoms with van der Waals surface area (Å²) in [4.78, 5) is 23.2. The number of carbonyl (C=O) groups excluding carboxylic acids is 1. The first-order chi connectivity index (χ1) is 14.7. The van der Waals surface area contributed by atoms with Crippen molar-refractivity contribution < 1.29 is 14.3 Å². The molecule has 4 rings (SSSR count). The number of likely N-dealkylation sites (tertiary alicyclic amines) is 1. The maximum absolute atomic E-state index is 12.4. The Hall–Kier alpha value is -2.51. The van der Waals surface area contributed by atoms with Crippen LogP contribution >= 0.6 is 0 Å². The third-order valence-electron chi connectivity index (χ3n) is 5.98. The number of hydrogen-bond acceptors (Lipinski definition) is 6. The van der Waals surface area contributed by atoms with E-state index < -0.39 is 0 Å². The van der Waals surface area contributed by atoms with Crippen molar-refractivity contribution in [3.63, 3.8) is 0 Å². The summed E-state index contributed by atoms with van der Waals surface area (Å²) in [5.41, 5.74) is 8.76. The van der Waals surface area contributed by atoms with Gasteiger partial charge in [-0.25, -0.2) is 4.98 Å². The van der Waals surface area contributed by atoms with E-state index in [-0.39, 0.29) is 18.6 Å². The minimum Gasteiger partial charge on any atom is -0.384 e. The lowest BCUT2D eigenvalue weighted by Gasteiger charge is -2.32. The fourth-order valence-electron chi connectivity index (χ4n) is 4.13. The van der Waals surface area contributed by atoms with Crippen LogP contribution in [0.15, 0.2) is 36.7 Å². The predicted molar refractivity (Wildman–Crippen MR) is 115 cm³/mol. The Morgan fingerprint density at radius 3 is 2.47 bits per heavy atom. The highest BCUT2D eigenvalue weighted by Crippen LogP contribution is 2.28. The minimum absolute atomic E-state index is 0.0726. The molecule has 0 aromatic carbocycles. The van der Waals surface area contributed by atoms with Crippen LogP contribution in [0.25, 0.3) is 11.1 Å². The highest BCUT2D eigenvalue weighted by Gasteiger charge is 2.25. The summed E-state index contributed by atoms with van der Waals surface area (Å²) in [7, 11) is 0. The zero-order valence-electron chi connectivity index (χ0n) is 17.3. The molecule has 30 heavy (non-hydrogen) atoms. The van der Waals surface area contributed by atoms with E-state index in [1.54, 1.807) is 12.3 Å². The molecule has 0 unspecified atom stereocenters. The van der Waals surface area contributed by atoms with E-state index in [0.717, 1.165) is 62.2 Å². The lowest BCUT2D eigenvalue weighted by Crippen LogP contribution is -2.40. The molecule has 0 aliphatic carbocycles. The van der Waals surface area contributed by atoms with E-state index in [0.29, 0.717) is 18.3 Å². The summed E-state index contributed by atoms with van der Waals surface area (Å²) in [6.45, 7) is 2.96. The van der Waals surface area contributed by atoms with Gasteiger partial charge in [-0.3, -0.25) is 9.78 Å². The number of amides is 1. The zero-order valence-corrected chi connectivity index (χ0v) is 17.3. The standard InChI is InChI=1S/C23H30N4O3/c24-22-7-5-19(14-26-22)18-4-6-21(25-13-18)17-8-10-27(11-9-17)23(28)16-29-15-20-3-1-2-12-30-20/h4-7,13-14,17,20H,1-3,8-12,15-16H2,(H2,24,26)/t20-/m1/s1. The van der Waals surface area contributed by atoms with Crippen molar-refractivity contribution in [3.05, 3.63) is 42.4 Å². The molecule has 2 aromatic rings. The summed E-state index contributed by atoms with van der Waals surface area (Å²) in [5.74, 6) is 0.963. The molecule has 4 heterocycles. The number of rotatable bonds is 6. The van der Waals surface area contributed by atoms with Gasteiger partial charge in [-0.15, -0.1) is 0 Å². The largest absolute Gasteiger partial charge is 0.384 e. The molecule has 0 saturated carbocycles. The van der Waals surface area contributed by atoms with Crippen molar-refractivity contribution in [1.82, 2.24) is 14.9 Å². The SMILES string of the molecule is Nc1ccc(-c2ccc(C3CCN(C(=O)COC[C@H]4CCCCO4)CC3)nc2)cn1. The number of anilines is 1. The Morgan fingerprint density at radius 1 is 1.07 bits per heavy atom. The second-order valence-corrected chi connectivity index (χ2v) is 8.10. The van der Waals surface area contributed by atoms with Crippen LogP contribution in [0, 0.1) is 0 Å². The van der Waals surface area contributed by atoms with Crippen LogP contribution in [-0.2, 0) is 14.3 Å². The second kappa shape index (κ2) is 10.00. The highest BCUT2D eigenvalue weighted by atomic mass is 16.5. The Bertz CT molecular complexity index is 811. The van der Waals surface area contributed by atoms with Gasteiger partial charge in [0, 0.05) is 54.8 Å². The predicted octanol–water partition coefficient (Wildman–Crippen LogP) is 3.02. The molecule has 7 heteroatoms. The molecule has 2 N–H and O–H groups in total. The van der Waals surface area contributed by atoms with Gasteiger partial charge in [0.1, 0.15) is 12.4 Å². The van der Waals surface area contributed by atoms with Crippen LogP contribution in [0.5, 0.6) is 0 Å². The van der Waals surface area contributed by atoms with E-state index >= 15 is 0 Å². The van der Waals surface area contributed by atoms with E-state index in [1.807, 2.05) is 17.2 Å². The molecular formula is C23H30N4O3. The molecule has 2 fully saturated rings. The fraction of sp³-hybridized carbons (Fsp3) is 0.522. The van der Waals surface area contributed by atoms with Crippen molar-refractivity contribution in [3.8, 4) is 11.1 Å². The van der Waals surface area contributed by atoms with Crippen molar-refractivity contribution >= 4 is 11.7 Å². The number of carbonyl (C=O) groups is 1. The summed E-state index contributed by atoms with van der Waals surface area (Å²) in [6.07, 6.45) is 8.98. The molecule has 2 saturated heterocycles. The van der Waals surface area contributed by atoms with Gasteiger partial charge >= 0.3 is 0 Å². The lowest BCUT2D eigenvalue weighted by molar-refractivity contribution is -0.139. The fourth-order valence-corrected chi connectivity index (χ4v) is 4.13. The maximum atomic E-state index is 12.4. The second-order valence-electron chi connectivity index (χ2n) is 8.10. The molecule has 2 aliphatic rings. The molecular weight excluding hydrogens is 380 g/mol. The number of pyridine rings is 2. The quantitative estimate of drug-likeness (QED) is 0.787. The summed E-state index contributed by atoms with van der Waals surface area (Å²) in [6, 6.07) is 7.91. The number of nitrogens with zero attached hydrogens (tertiary/aromatic N) is 3. The third-order valence-corrected chi connectivity index (χ3v) is 5.98. The van der Waals surface area contributed by atoms with Crippen LogP contribution < -0.4 is 5.73 Å². The number of ether oxygens (including phenoxy) is 2. The Labute approximate surface area is 177 Å². The first kappa shape index (κ1) is 20.8. The average Bonchev–Trinajstić information content (AvgIpc) is 2.80. The van der Waals surface area contributed by atoms with Crippen molar-refractivity contribution in [2.24, 2.45) is 0 Å². The summed E-state index contributed by atoms with van der Waals surface area (Å²) in [5, 5.41) is 0. The molecule has 1 amide bonds. The number of aromatic nitrogens is 2. The van der Waals surface area contributed by atoms with Gasteiger partial charge in [0.05, 0.1) is 12.7 Å². The number of piperidine rings is 1. The van der Waals surface area contributed by atoms with Gasteiger partial charge in [-0.05, 0) is 50.3 Å². The molecule has 1 atom stereocenters. The summed E-state index contributed by atoms with van der Waals surface area (Å²) >= 11 is 0. The van der Waals surface area contributed by atoms with Gasteiger partial charge < -0.3 is 20.1 Å². The van der Waals surface area contributed by atoms with Gasteiger partial charge in [-0.1, -0.05) is 6.07 Å². The normalized spacial score (nSPS) is 20.3. The third kappa shape index (κ3) is 5.34. The van der Waals surface area contributed by atoms with Crippen LogP contribution in [0.2, 0.25) is 0 Å². The molecule has 0 radical (unpaired) electrons. The van der Waals surface area contributed by atoms with E-state index in [1.165, 1.54) is 6.42 Å². The Morgan fingerprint density at radius 2 is 1.83 bits per heavy atom. The molecule has 7 nitrogen and oxygen atoms in total. The van der Waals surface area contributed by atoms with Crippen molar-refractivity contribution in [2.75, 3.05) is 38.6 Å². The minimum atomic E-state index is 0.0726. The van der Waals surface area contributed by atoms with Gasteiger partial charge in [0.25, 0.3) is 0 Å². The average molecular weight is 411 g/mol. The molecule has 160 valence electrons. The Balaban J connectivity index is 1.22. The molecule has 0 bridgehead atoms. The van der Waals surface area contributed by atoms with E-state index in [9.17, 15) is 4.79 Å². The summed E-state index contributed by atoms with van der Waals surface area (Å²) < 4.78 is 11.3. The van der Waals surface area contributed by atoms with Gasteiger partial charge in [-0.2, -0.15) is 0 Å². The van der Waals surface area contributed by atoms with Gasteiger partial charge in [0.15, 0.2) is 0 Å². The highest BCUT2D eigenvalue weighted by molar-refractivity contribution is 5.77. The lowest BCUT2D eigenvalue weighted by atomic mass is 9.92. The smallest absolute Gasteiger partial charge is 0.248 e.